The molecule has 1 aromatic carbocycles. The predicted octanol–water partition coefficient (Wildman–Crippen LogP) is 0.612. The minimum Gasteiger partial charge on any atom is -0.391 e. The first-order chi connectivity index (χ1) is 10.0. The number of hydrogen-bond donors (Lipinski definition) is 3. The lowest BCUT2D eigenvalue weighted by Crippen LogP contribution is -2.44. The molecule has 1 aliphatic carbocycles. The molecule has 1 aliphatic rings. The first-order valence-corrected chi connectivity index (χ1v) is 8.41. The summed E-state index contributed by atoms with van der Waals surface area (Å²) < 4.78 is 27.1. The van der Waals surface area contributed by atoms with E-state index in [9.17, 15) is 13.5 Å². The Morgan fingerprint density at radius 3 is 2.48 bits per heavy atom. The van der Waals surface area contributed by atoms with Crippen LogP contribution in [0.5, 0.6) is 0 Å². The van der Waals surface area contributed by atoms with Gasteiger partial charge in [-0.15, -0.1) is 0 Å². The Hall–Kier alpha value is -1.39. The molecule has 5 nitrogen and oxygen atoms in total. The van der Waals surface area contributed by atoms with Crippen LogP contribution in [-0.2, 0) is 10.0 Å². The summed E-state index contributed by atoms with van der Waals surface area (Å²) in [6.07, 6.45) is 2.50. The molecule has 2 rings (SSSR count). The molecule has 1 saturated carbocycles. The zero-order valence-electron chi connectivity index (χ0n) is 11.6. The maximum absolute atomic E-state index is 12.3. The van der Waals surface area contributed by atoms with Crippen molar-refractivity contribution in [2.75, 3.05) is 6.61 Å². The SMILES string of the molecule is O=S(=O)(NC1CCCCC1O)c1ccc(C#CCO)cc1. The van der Waals surface area contributed by atoms with Crippen molar-refractivity contribution in [2.24, 2.45) is 0 Å². The van der Waals surface area contributed by atoms with E-state index in [1.54, 1.807) is 12.1 Å². The maximum atomic E-state index is 12.3. The quantitative estimate of drug-likeness (QED) is 0.714. The van der Waals surface area contributed by atoms with Gasteiger partial charge in [0.1, 0.15) is 6.61 Å². The fourth-order valence-corrected chi connectivity index (χ4v) is 3.68. The fraction of sp³-hybridized carbons (Fsp3) is 0.467. The Kier molecular flexibility index (Phi) is 5.37. The smallest absolute Gasteiger partial charge is 0.240 e. The molecule has 0 heterocycles. The lowest BCUT2D eigenvalue weighted by atomic mass is 9.93. The van der Waals surface area contributed by atoms with Gasteiger partial charge in [-0.25, -0.2) is 13.1 Å². The molecule has 1 fully saturated rings. The van der Waals surface area contributed by atoms with Crippen molar-refractivity contribution >= 4 is 10.0 Å². The molecule has 0 saturated heterocycles. The van der Waals surface area contributed by atoms with E-state index in [0.29, 0.717) is 18.4 Å². The van der Waals surface area contributed by atoms with E-state index in [2.05, 4.69) is 16.6 Å². The second kappa shape index (κ2) is 7.05. The normalized spacial score (nSPS) is 22.4. The van der Waals surface area contributed by atoms with Crippen LogP contribution in [0.15, 0.2) is 29.2 Å². The fourth-order valence-electron chi connectivity index (χ4n) is 2.38. The van der Waals surface area contributed by atoms with E-state index >= 15 is 0 Å². The third-order valence-electron chi connectivity index (χ3n) is 3.51. The second-order valence-electron chi connectivity index (χ2n) is 5.06. The van der Waals surface area contributed by atoms with Gasteiger partial charge in [-0.05, 0) is 37.1 Å². The molecule has 0 amide bonds. The van der Waals surface area contributed by atoms with Gasteiger partial charge >= 0.3 is 0 Å². The highest BCUT2D eigenvalue weighted by atomic mass is 32.2. The molecule has 21 heavy (non-hydrogen) atoms. The van der Waals surface area contributed by atoms with Gasteiger partial charge in [-0.3, -0.25) is 0 Å². The van der Waals surface area contributed by atoms with Crippen LogP contribution in [0, 0.1) is 11.8 Å². The average molecular weight is 309 g/mol. The van der Waals surface area contributed by atoms with Gasteiger partial charge in [-0.1, -0.05) is 24.7 Å². The number of sulfonamides is 1. The topological polar surface area (TPSA) is 86.6 Å². The first-order valence-electron chi connectivity index (χ1n) is 6.93. The van der Waals surface area contributed by atoms with Crippen molar-refractivity contribution in [2.45, 2.75) is 42.7 Å². The molecule has 0 spiro atoms. The summed E-state index contributed by atoms with van der Waals surface area (Å²) in [5.41, 5.74) is 0.640. The molecule has 1 aromatic rings. The third-order valence-corrected chi connectivity index (χ3v) is 5.02. The van der Waals surface area contributed by atoms with E-state index in [4.69, 9.17) is 5.11 Å². The van der Waals surface area contributed by atoms with Crippen LogP contribution in [0.1, 0.15) is 31.2 Å². The zero-order chi connectivity index (χ0) is 15.3. The molecule has 0 radical (unpaired) electrons. The largest absolute Gasteiger partial charge is 0.391 e. The Labute approximate surface area is 125 Å². The van der Waals surface area contributed by atoms with Crippen molar-refractivity contribution in [3.63, 3.8) is 0 Å². The van der Waals surface area contributed by atoms with Crippen molar-refractivity contribution in [1.29, 1.82) is 0 Å². The van der Waals surface area contributed by atoms with Gasteiger partial charge in [0.25, 0.3) is 0 Å². The molecule has 2 unspecified atom stereocenters. The number of aliphatic hydroxyl groups is 2. The number of hydrogen-bond acceptors (Lipinski definition) is 4. The van der Waals surface area contributed by atoms with Crippen LogP contribution in [0.25, 0.3) is 0 Å². The molecule has 3 N–H and O–H groups in total. The van der Waals surface area contributed by atoms with Crippen molar-refractivity contribution in [3.8, 4) is 11.8 Å². The highest BCUT2D eigenvalue weighted by Crippen LogP contribution is 2.20. The first kappa shape index (κ1) is 16.0. The average Bonchev–Trinajstić information content (AvgIpc) is 2.48. The van der Waals surface area contributed by atoms with Crippen LogP contribution in [0.3, 0.4) is 0 Å². The monoisotopic (exact) mass is 309 g/mol. The van der Waals surface area contributed by atoms with Gasteiger partial charge in [0.2, 0.25) is 10.0 Å². The standard InChI is InChI=1S/C15H19NO4S/c17-11-3-4-12-7-9-13(10-8-12)21(19,20)16-14-5-1-2-6-15(14)18/h7-10,14-18H,1-2,5-6,11H2. The van der Waals surface area contributed by atoms with Gasteiger partial charge in [-0.2, -0.15) is 0 Å². The number of aliphatic hydroxyl groups excluding tert-OH is 2. The summed E-state index contributed by atoms with van der Waals surface area (Å²) >= 11 is 0. The number of rotatable bonds is 3. The van der Waals surface area contributed by atoms with Gasteiger partial charge in [0, 0.05) is 11.6 Å². The summed E-state index contributed by atoms with van der Waals surface area (Å²) in [7, 11) is -3.64. The summed E-state index contributed by atoms with van der Waals surface area (Å²) in [5.74, 6) is 5.21. The van der Waals surface area contributed by atoms with E-state index in [1.165, 1.54) is 12.1 Å². The van der Waals surface area contributed by atoms with Crippen molar-refractivity contribution in [3.05, 3.63) is 29.8 Å². The van der Waals surface area contributed by atoms with Gasteiger partial charge < -0.3 is 10.2 Å². The Balaban J connectivity index is 2.11. The highest BCUT2D eigenvalue weighted by Gasteiger charge is 2.27. The van der Waals surface area contributed by atoms with Crippen molar-refractivity contribution in [1.82, 2.24) is 4.72 Å². The summed E-state index contributed by atoms with van der Waals surface area (Å²) in [6.45, 7) is -0.235. The molecule has 114 valence electrons. The Morgan fingerprint density at radius 1 is 1.19 bits per heavy atom. The van der Waals surface area contributed by atoms with E-state index < -0.39 is 22.2 Å². The minimum atomic E-state index is -3.64. The Bertz CT molecular complexity index is 628. The second-order valence-corrected chi connectivity index (χ2v) is 6.78. The Morgan fingerprint density at radius 2 is 1.86 bits per heavy atom. The minimum absolute atomic E-state index is 0.148. The van der Waals surface area contributed by atoms with Crippen LogP contribution < -0.4 is 4.72 Å². The number of nitrogens with one attached hydrogen (secondary N) is 1. The maximum Gasteiger partial charge on any atom is 0.240 e. The van der Waals surface area contributed by atoms with E-state index in [-0.39, 0.29) is 11.5 Å². The molecular weight excluding hydrogens is 290 g/mol. The predicted molar refractivity (Wildman–Crippen MR) is 79.0 cm³/mol. The highest BCUT2D eigenvalue weighted by molar-refractivity contribution is 7.89. The third kappa shape index (κ3) is 4.29. The van der Waals surface area contributed by atoms with E-state index in [1.807, 2.05) is 0 Å². The molecule has 6 heteroatoms. The zero-order valence-corrected chi connectivity index (χ0v) is 12.4. The van der Waals surface area contributed by atoms with Crippen LogP contribution in [-0.4, -0.2) is 37.4 Å². The van der Waals surface area contributed by atoms with Crippen molar-refractivity contribution < 1.29 is 18.6 Å². The van der Waals surface area contributed by atoms with Gasteiger partial charge in [0.15, 0.2) is 0 Å². The van der Waals surface area contributed by atoms with E-state index in [0.717, 1.165) is 12.8 Å². The van der Waals surface area contributed by atoms with Crippen LogP contribution >= 0.6 is 0 Å². The van der Waals surface area contributed by atoms with Gasteiger partial charge in [0.05, 0.1) is 11.0 Å². The van der Waals surface area contributed by atoms with Crippen LogP contribution in [0.4, 0.5) is 0 Å². The molecule has 2 atom stereocenters. The lowest BCUT2D eigenvalue weighted by molar-refractivity contribution is 0.101. The number of benzene rings is 1. The molecule has 0 aliphatic heterocycles. The molecular formula is C15H19NO4S. The summed E-state index contributed by atoms with van der Waals surface area (Å²) in [4.78, 5) is 0.148. The molecule has 0 aromatic heterocycles. The lowest BCUT2D eigenvalue weighted by Gasteiger charge is -2.28. The summed E-state index contributed by atoms with van der Waals surface area (Å²) in [6, 6.07) is 5.71. The molecule has 0 bridgehead atoms. The summed E-state index contributed by atoms with van der Waals surface area (Å²) in [5, 5.41) is 18.5. The van der Waals surface area contributed by atoms with Crippen LogP contribution in [0.2, 0.25) is 0 Å².